The Kier molecular flexibility index (Phi) is 6.38. The van der Waals surface area contributed by atoms with Crippen LogP contribution in [0.15, 0.2) is 46.6 Å². The predicted molar refractivity (Wildman–Crippen MR) is 94.9 cm³/mol. The molecule has 0 aliphatic heterocycles. The number of rotatable bonds is 4. The summed E-state index contributed by atoms with van der Waals surface area (Å²) in [7, 11) is 0. The van der Waals surface area contributed by atoms with Crippen LogP contribution in [-0.4, -0.2) is 34.1 Å². The Balaban J connectivity index is 2.30. The Morgan fingerprint density at radius 2 is 2.00 bits per heavy atom. The average Bonchev–Trinajstić information content (AvgIpc) is 2.67. The highest BCUT2D eigenvalue weighted by molar-refractivity contribution is 6.01. The highest BCUT2D eigenvalue weighted by atomic mass is 19.4. The van der Waals surface area contributed by atoms with Gasteiger partial charge < -0.3 is 11.1 Å². The first kappa shape index (κ1) is 20.5. The fraction of sp³-hybridized carbons (Fsp3) is 0.176. The minimum Gasteiger partial charge on any atom is -0.390 e. The van der Waals surface area contributed by atoms with E-state index in [0.717, 1.165) is 12.4 Å². The zero-order chi connectivity index (χ0) is 20.7. The van der Waals surface area contributed by atoms with E-state index in [2.05, 4.69) is 25.3 Å². The van der Waals surface area contributed by atoms with Crippen LogP contribution in [0.25, 0.3) is 0 Å². The van der Waals surface area contributed by atoms with Gasteiger partial charge in [0.1, 0.15) is 0 Å². The van der Waals surface area contributed by atoms with E-state index < -0.39 is 23.7 Å². The van der Waals surface area contributed by atoms with Crippen LogP contribution in [0.1, 0.15) is 28.4 Å². The van der Waals surface area contributed by atoms with Gasteiger partial charge in [-0.15, -0.1) is 0 Å². The van der Waals surface area contributed by atoms with Crippen molar-refractivity contribution in [3.05, 3.63) is 53.3 Å². The minimum absolute atomic E-state index is 0.0366. The second kappa shape index (κ2) is 8.72. The van der Waals surface area contributed by atoms with E-state index in [0.29, 0.717) is 12.1 Å². The number of nitriles is 1. The normalized spacial score (nSPS) is 13.2. The summed E-state index contributed by atoms with van der Waals surface area (Å²) in [6.45, 7) is 1.51. The summed E-state index contributed by atoms with van der Waals surface area (Å²) in [5, 5.41) is 11.4. The molecule has 1 heterocycles. The number of nitrogens with one attached hydrogen (secondary N) is 1. The number of hydrogen-bond acceptors (Lipinski definition) is 5. The predicted octanol–water partition coefficient (Wildman–Crippen LogP) is 2.20. The molecule has 1 atom stereocenters. The van der Waals surface area contributed by atoms with E-state index in [1.807, 2.05) is 0 Å². The molecule has 0 bridgehead atoms. The first-order valence-electron chi connectivity index (χ1n) is 7.77. The summed E-state index contributed by atoms with van der Waals surface area (Å²) in [4.78, 5) is 28.1. The summed E-state index contributed by atoms with van der Waals surface area (Å²) >= 11 is 0. The lowest BCUT2D eigenvalue weighted by Gasteiger charge is -2.15. The van der Waals surface area contributed by atoms with Crippen molar-refractivity contribution >= 4 is 24.0 Å². The Bertz CT molecular complexity index is 949. The Labute approximate surface area is 157 Å². The molecule has 2 rings (SSSR count). The van der Waals surface area contributed by atoms with Crippen molar-refractivity contribution < 1.29 is 18.0 Å². The van der Waals surface area contributed by atoms with Crippen LogP contribution in [0.5, 0.6) is 0 Å². The number of amidine groups is 1. The number of carbonyl (C=O) groups excluding carboxylic acids is 1. The van der Waals surface area contributed by atoms with Crippen molar-refractivity contribution in [1.29, 1.82) is 5.26 Å². The minimum atomic E-state index is -4.70. The molecule has 1 aromatic heterocycles. The van der Waals surface area contributed by atoms with E-state index in [1.54, 1.807) is 12.1 Å². The van der Waals surface area contributed by atoms with Gasteiger partial charge in [0, 0.05) is 18.0 Å². The number of benzene rings is 1. The fourth-order valence-corrected chi connectivity index (χ4v) is 2.10. The second-order valence-electron chi connectivity index (χ2n) is 5.40. The number of alkyl halides is 3. The van der Waals surface area contributed by atoms with Gasteiger partial charge in [0.2, 0.25) is 0 Å². The Hall–Kier alpha value is -3.81. The maximum absolute atomic E-state index is 13.0. The van der Waals surface area contributed by atoms with Gasteiger partial charge in [0.25, 0.3) is 11.9 Å². The van der Waals surface area contributed by atoms with Crippen LogP contribution < -0.4 is 11.1 Å². The smallest absolute Gasteiger partial charge is 0.390 e. The number of amides is 1. The van der Waals surface area contributed by atoms with Crippen molar-refractivity contribution in [3.8, 4) is 6.07 Å². The molecular formula is C17H14F3N7O. The summed E-state index contributed by atoms with van der Waals surface area (Å²) in [5.74, 6) is -0.742. The molecule has 0 saturated heterocycles. The number of hydrogen-bond donors (Lipinski definition) is 2. The first-order chi connectivity index (χ1) is 13.2. The van der Waals surface area contributed by atoms with Crippen LogP contribution in [0, 0.1) is 11.3 Å². The molecule has 8 nitrogen and oxygen atoms in total. The van der Waals surface area contributed by atoms with Crippen LogP contribution in [-0.2, 0) is 6.18 Å². The van der Waals surface area contributed by atoms with Crippen LogP contribution in [0.4, 0.5) is 19.1 Å². The van der Waals surface area contributed by atoms with Crippen molar-refractivity contribution in [2.75, 3.05) is 0 Å². The van der Waals surface area contributed by atoms with E-state index in [9.17, 15) is 18.0 Å². The zero-order valence-corrected chi connectivity index (χ0v) is 14.5. The van der Waals surface area contributed by atoms with Crippen LogP contribution in [0.2, 0.25) is 0 Å². The van der Waals surface area contributed by atoms with Gasteiger partial charge in [0.05, 0.1) is 29.6 Å². The van der Waals surface area contributed by atoms with Gasteiger partial charge in [-0.05, 0) is 31.2 Å². The number of aliphatic imine (C=N–C) groups is 2. The number of halogens is 3. The lowest BCUT2D eigenvalue weighted by Crippen LogP contribution is -2.38. The number of nitrogens with two attached hydrogens (primary N) is 1. The standard InChI is InChI=1S/C17H14F3N7O/c1-10(14(25-9-22)27-16-23-3-2-4-24-16)26-15(28)12-5-11(8-21)6-13(7-12)17(18,19)20/h2-7,9-10H,1H3,(H,26,28)(H2,22,23,24,25,27). The topological polar surface area (TPSA) is 129 Å². The van der Waals surface area contributed by atoms with Crippen molar-refractivity contribution in [3.63, 3.8) is 0 Å². The third-order valence-corrected chi connectivity index (χ3v) is 3.36. The average molecular weight is 389 g/mol. The maximum Gasteiger partial charge on any atom is 0.416 e. The van der Waals surface area contributed by atoms with Crippen LogP contribution in [0.3, 0.4) is 0 Å². The largest absolute Gasteiger partial charge is 0.416 e. The SMILES string of the molecule is CC(NC(=O)c1cc(C#N)cc(C(F)(F)F)c1)C(N=CN)=Nc1ncccn1. The number of nitrogens with zero attached hydrogens (tertiary/aromatic N) is 5. The van der Waals surface area contributed by atoms with Gasteiger partial charge >= 0.3 is 6.18 Å². The van der Waals surface area contributed by atoms with E-state index in [-0.39, 0.29) is 22.9 Å². The van der Waals surface area contributed by atoms with Gasteiger partial charge in [-0.1, -0.05) is 0 Å². The van der Waals surface area contributed by atoms with Gasteiger partial charge in [-0.3, -0.25) is 4.79 Å². The highest BCUT2D eigenvalue weighted by Crippen LogP contribution is 2.30. The molecule has 1 unspecified atom stereocenters. The Morgan fingerprint density at radius 3 is 2.57 bits per heavy atom. The zero-order valence-electron chi connectivity index (χ0n) is 14.5. The summed E-state index contributed by atoms with van der Waals surface area (Å²) in [6.07, 6.45) is -0.854. The molecule has 1 aromatic carbocycles. The van der Waals surface area contributed by atoms with Gasteiger partial charge in [0.15, 0.2) is 5.84 Å². The second-order valence-corrected chi connectivity index (χ2v) is 5.40. The number of aromatic nitrogens is 2. The van der Waals surface area contributed by atoms with Gasteiger partial charge in [-0.2, -0.15) is 23.4 Å². The molecule has 2 aromatic rings. The van der Waals surface area contributed by atoms with E-state index in [4.69, 9.17) is 11.0 Å². The lowest BCUT2D eigenvalue weighted by atomic mass is 10.0. The third kappa shape index (κ3) is 5.34. The van der Waals surface area contributed by atoms with Gasteiger partial charge in [-0.25, -0.2) is 15.0 Å². The lowest BCUT2D eigenvalue weighted by molar-refractivity contribution is -0.137. The molecule has 3 N–H and O–H groups in total. The summed E-state index contributed by atoms with van der Waals surface area (Å²) < 4.78 is 38.9. The summed E-state index contributed by atoms with van der Waals surface area (Å²) in [5.41, 5.74) is 3.56. The molecule has 144 valence electrons. The molecule has 1 amide bonds. The molecule has 28 heavy (non-hydrogen) atoms. The van der Waals surface area contributed by atoms with E-state index >= 15 is 0 Å². The monoisotopic (exact) mass is 389 g/mol. The molecule has 0 saturated carbocycles. The highest BCUT2D eigenvalue weighted by Gasteiger charge is 2.32. The van der Waals surface area contributed by atoms with Crippen LogP contribution >= 0.6 is 0 Å². The number of carbonyl (C=O) groups is 1. The molecule has 0 fully saturated rings. The fourth-order valence-electron chi connectivity index (χ4n) is 2.10. The summed E-state index contributed by atoms with van der Waals surface area (Å²) in [6, 6.07) is 4.73. The third-order valence-electron chi connectivity index (χ3n) is 3.36. The molecule has 0 spiro atoms. The molecule has 0 aliphatic rings. The molecule has 0 radical (unpaired) electrons. The molecule has 11 heteroatoms. The maximum atomic E-state index is 13.0. The van der Waals surface area contributed by atoms with E-state index in [1.165, 1.54) is 19.3 Å². The van der Waals surface area contributed by atoms with Crippen molar-refractivity contribution in [1.82, 2.24) is 15.3 Å². The Morgan fingerprint density at radius 1 is 1.32 bits per heavy atom. The molecular weight excluding hydrogens is 375 g/mol. The van der Waals surface area contributed by atoms with Crippen molar-refractivity contribution in [2.45, 2.75) is 19.1 Å². The first-order valence-corrected chi connectivity index (χ1v) is 7.77. The quantitative estimate of drug-likeness (QED) is 0.612. The van der Waals surface area contributed by atoms with Crippen molar-refractivity contribution in [2.24, 2.45) is 15.7 Å². The molecule has 0 aliphatic carbocycles.